The Morgan fingerprint density at radius 2 is 1.80 bits per heavy atom. The van der Waals surface area contributed by atoms with E-state index in [1.807, 2.05) is 17.5 Å². The first kappa shape index (κ1) is 21.6. The van der Waals surface area contributed by atoms with Crippen molar-refractivity contribution in [1.29, 1.82) is 0 Å². The largest absolute Gasteiger partial charge is 0.504 e. The summed E-state index contributed by atoms with van der Waals surface area (Å²) in [5, 5.41) is 24.6. The number of carbonyl (C=O) groups excluding carboxylic acids is 1. The molecule has 3 aromatic rings. The monoisotopic (exact) mass is 443 g/mol. The highest BCUT2D eigenvalue weighted by molar-refractivity contribution is 7.94. The summed E-state index contributed by atoms with van der Waals surface area (Å²) >= 11 is 1.53. The number of anilines is 1. The van der Waals surface area contributed by atoms with Gasteiger partial charge in [-0.1, -0.05) is 24.3 Å². The number of benzene rings is 2. The summed E-state index contributed by atoms with van der Waals surface area (Å²) in [5.74, 6) is -0.742. The molecule has 0 aliphatic rings. The predicted octanol–water partition coefficient (Wildman–Crippen LogP) is 3.97. The third kappa shape index (κ3) is 6.47. The van der Waals surface area contributed by atoms with Crippen LogP contribution in [0.25, 0.3) is 6.08 Å². The number of nitrogens with one attached hydrogen (secondary N) is 1. The highest BCUT2D eigenvalue weighted by Gasteiger charge is 2.09. The van der Waals surface area contributed by atoms with Crippen LogP contribution in [0.1, 0.15) is 16.0 Å². The highest BCUT2D eigenvalue weighted by Crippen LogP contribution is 2.25. The number of sulfone groups is 1. The topological polar surface area (TPSA) is 104 Å². The minimum absolute atomic E-state index is 0.0718. The molecule has 8 heteroatoms. The summed E-state index contributed by atoms with van der Waals surface area (Å²) in [6.45, 7) is 0. The second-order valence-corrected chi connectivity index (χ2v) is 9.71. The number of hydrogen-bond acceptors (Lipinski definition) is 6. The summed E-state index contributed by atoms with van der Waals surface area (Å²) in [7, 11) is -3.45. The number of hydrogen-bond donors (Lipinski definition) is 3. The lowest BCUT2D eigenvalue weighted by Crippen LogP contribution is -2.13. The standard InChI is InChI=1S/C22H21NO5S2/c24-20-8-5-17(14-21(20)25)10-13-30(27,28)12-9-16-3-6-18(7-4-16)23-22(26)15-19-2-1-11-29-19/h1-8,10-11,13-14,24-25H,9,12,15H2,(H,23,26)/b13-10+. The Morgan fingerprint density at radius 3 is 2.47 bits per heavy atom. The molecule has 0 atom stereocenters. The molecule has 3 rings (SSSR count). The van der Waals surface area contributed by atoms with Gasteiger partial charge in [-0.3, -0.25) is 4.79 Å². The third-order valence-electron chi connectivity index (χ3n) is 4.30. The van der Waals surface area contributed by atoms with Gasteiger partial charge in [-0.05, 0) is 59.3 Å². The first-order valence-corrected chi connectivity index (χ1v) is 11.7. The molecule has 0 radical (unpaired) electrons. The molecule has 156 valence electrons. The van der Waals surface area contributed by atoms with E-state index in [4.69, 9.17) is 0 Å². The minimum atomic E-state index is -3.45. The summed E-state index contributed by atoms with van der Waals surface area (Å²) in [6.07, 6.45) is 2.03. The molecule has 0 saturated carbocycles. The van der Waals surface area contributed by atoms with Crippen molar-refractivity contribution in [3.05, 3.63) is 81.4 Å². The maximum absolute atomic E-state index is 12.2. The third-order valence-corrected chi connectivity index (χ3v) is 6.50. The summed E-state index contributed by atoms with van der Waals surface area (Å²) < 4.78 is 24.5. The number of amides is 1. The fraction of sp³-hybridized carbons (Fsp3) is 0.136. The number of rotatable bonds is 8. The molecule has 6 nitrogen and oxygen atoms in total. The molecule has 0 fully saturated rings. The molecule has 1 heterocycles. The van der Waals surface area contributed by atoms with Crippen LogP contribution in [-0.4, -0.2) is 30.3 Å². The molecule has 0 spiro atoms. The van der Waals surface area contributed by atoms with Gasteiger partial charge in [0, 0.05) is 16.0 Å². The smallest absolute Gasteiger partial charge is 0.229 e. The van der Waals surface area contributed by atoms with Crippen LogP contribution >= 0.6 is 11.3 Å². The first-order chi connectivity index (χ1) is 14.3. The molecule has 1 aromatic heterocycles. The van der Waals surface area contributed by atoms with Gasteiger partial charge in [0.2, 0.25) is 5.91 Å². The normalized spacial score (nSPS) is 11.6. The van der Waals surface area contributed by atoms with Crippen LogP contribution in [-0.2, 0) is 27.5 Å². The van der Waals surface area contributed by atoms with Gasteiger partial charge < -0.3 is 15.5 Å². The Kier molecular flexibility index (Phi) is 6.91. The van der Waals surface area contributed by atoms with E-state index >= 15 is 0 Å². The highest BCUT2D eigenvalue weighted by atomic mass is 32.2. The van der Waals surface area contributed by atoms with Crippen LogP contribution in [0.15, 0.2) is 65.4 Å². The summed E-state index contributed by atoms with van der Waals surface area (Å²) in [4.78, 5) is 13.0. The number of carbonyl (C=O) groups is 1. The molecular weight excluding hydrogens is 422 g/mol. The molecule has 0 unspecified atom stereocenters. The van der Waals surface area contributed by atoms with Gasteiger partial charge in [0.05, 0.1) is 12.2 Å². The molecule has 3 N–H and O–H groups in total. The van der Waals surface area contributed by atoms with Crippen molar-refractivity contribution in [2.75, 3.05) is 11.1 Å². The molecular formula is C22H21NO5S2. The zero-order valence-corrected chi connectivity index (χ0v) is 17.6. The van der Waals surface area contributed by atoms with Crippen molar-refractivity contribution in [3.63, 3.8) is 0 Å². The molecule has 1 amide bonds. The predicted molar refractivity (Wildman–Crippen MR) is 119 cm³/mol. The van der Waals surface area contributed by atoms with E-state index in [9.17, 15) is 23.4 Å². The number of aromatic hydroxyl groups is 2. The minimum Gasteiger partial charge on any atom is -0.504 e. The molecule has 0 aliphatic carbocycles. The summed E-state index contributed by atoms with van der Waals surface area (Å²) in [5.41, 5.74) is 1.97. The van der Waals surface area contributed by atoms with E-state index in [1.165, 1.54) is 35.6 Å². The van der Waals surface area contributed by atoms with E-state index in [0.29, 0.717) is 24.1 Å². The number of phenols is 2. The Morgan fingerprint density at radius 1 is 1.03 bits per heavy atom. The fourth-order valence-corrected chi connectivity index (χ4v) is 4.41. The van der Waals surface area contributed by atoms with Gasteiger partial charge in [-0.2, -0.15) is 0 Å². The van der Waals surface area contributed by atoms with Crippen LogP contribution in [0.4, 0.5) is 5.69 Å². The van der Waals surface area contributed by atoms with Gasteiger partial charge in [0.1, 0.15) is 0 Å². The SMILES string of the molecule is O=C(Cc1cccs1)Nc1ccc(CCS(=O)(=O)/C=C/c2ccc(O)c(O)c2)cc1. The van der Waals surface area contributed by atoms with Crippen LogP contribution < -0.4 is 5.32 Å². The van der Waals surface area contributed by atoms with Crippen LogP contribution in [0.5, 0.6) is 11.5 Å². The molecule has 0 bridgehead atoms. The van der Waals surface area contributed by atoms with Crippen LogP contribution in [0.3, 0.4) is 0 Å². The number of phenolic OH excluding ortho intramolecular Hbond substituents is 2. The van der Waals surface area contributed by atoms with Crippen molar-refractivity contribution in [3.8, 4) is 11.5 Å². The zero-order valence-electron chi connectivity index (χ0n) is 16.0. The molecule has 0 aliphatic heterocycles. The second kappa shape index (κ2) is 9.60. The Hall–Kier alpha value is -3.10. The molecule has 2 aromatic carbocycles. The Bertz CT molecular complexity index is 1130. The van der Waals surface area contributed by atoms with E-state index in [0.717, 1.165) is 15.8 Å². The summed E-state index contributed by atoms with van der Waals surface area (Å²) in [6, 6.07) is 15.0. The van der Waals surface area contributed by atoms with E-state index < -0.39 is 9.84 Å². The Labute approximate surface area is 179 Å². The molecule has 0 saturated heterocycles. The van der Waals surface area contributed by atoms with Gasteiger partial charge >= 0.3 is 0 Å². The quantitative estimate of drug-likeness (QED) is 0.457. The van der Waals surface area contributed by atoms with Gasteiger partial charge in [-0.15, -0.1) is 11.3 Å². The Balaban J connectivity index is 1.52. The molecule has 30 heavy (non-hydrogen) atoms. The lowest BCUT2D eigenvalue weighted by atomic mass is 10.1. The lowest BCUT2D eigenvalue weighted by molar-refractivity contribution is -0.115. The van der Waals surface area contributed by atoms with Gasteiger partial charge in [0.25, 0.3) is 0 Å². The van der Waals surface area contributed by atoms with Gasteiger partial charge in [-0.25, -0.2) is 8.42 Å². The zero-order chi connectivity index (χ0) is 21.6. The maximum atomic E-state index is 12.2. The van der Waals surface area contributed by atoms with Crippen molar-refractivity contribution in [2.45, 2.75) is 12.8 Å². The van der Waals surface area contributed by atoms with Crippen molar-refractivity contribution in [1.82, 2.24) is 0 Å². The van der Waals surface area contributed by atoms with E-state index in [-0.39, 0.29) is 23.2 Å². The van der Waals surface area contributed by atoms with Crippen LogP contribution in [0, 0.1) is 0 Å². The number of thiophene rings is 1. The number of aryl methyl sites for hydroxylation is 1. The average molecular weight is 444 g/mol. The first-order valence-electron chi connectivity index (χ1n) is 9.15. The lowest BCUT2D eigenvalue weighted by Gasteiger charge is -2.06. The maximum Gasteiger partial charge on any atom is 0.229 e. The van der Waals surface area contributed by atoms with Gasteiger partial charge in [0.15, 0.2) is 21.3 Å². The van der Waals surface area contributed by atoms with Crippen molar-refractivity contribution < 1.29 is 23.4 Å². The second-order valence-electron chi connectivity index (χ2n) is 6.67. The fourth-order valence-electron chi connectivity index (χ4n) is 2.69. The van der Waals surface area contributed by atoms with E-state index in [1.54, 1.807) is 24.3 Å². The van der Waals surface area contributed by atoms with E-state index in [2.05, 4.69) is 5.32 Å². The van der Waals surface area contributed by atoms with Crippen LogP contribution in [0.2, 0.25) is 0 Å². The van der Waals surface area contributed by atoms with Crippen molar-refractivity contribution >= 4 is 38.8 Å². The average Bonchev–Trinajstić information content (AvgIpc) is 3.21. The van der Waals surface area contributed by atoms with Crippen molar-refractivity contribution in [2.24, 2.45) is 0 Å².